The van der Waals surface area contributed by atoms with Gasteiger partial charge < -0.3 is 13.9 Å². The Labute approximate surface area is 279 Å². The maximum absolute atomic E-state index is 6.37. The SMILES string of the molecule is Cc1ccc(-[n+]2[c-]n(-c3[c-]c(Oc4[c-]c5c(cc4)c4ccccc4n5-c4cc(C(C)(C)C)ccn4)ccc3)cc2)c(C)c1C.[Pt]. The number of imidazole rings is 1. The van der Waals surface area contributed by atoms with Gasteiger partial charge in [0.1, 0.15) is 5.82 Å². The zero-order valence-corrected chi connectivity index (χ0v) is 28.5. The van der Waals surface area contributed by atoms with Crippen LogP contribution in [0.15, 0.2) is 97.5 Å². The van der Waals surface area contributed by atoms with Crippen molar-refractivity contribution in [3.05, 3.63) is 138 Å². The van der Waals surface area contributed by atoms with Crippen molar-refractivity contribution in [2.24, 2.45) is 0 Å². The molecule has 0 radical (unpaired) electrons. The van der Waals surface area contributed by atoms with Crippen LogP contribution in [0.25, 0.3) is 39.0 Å². The molecule has 0 aliphatic carbocycles. The molecular weight excluding hydrogens is 736 g/mol. The number of pyridine rings is 1. The molecule has 228 valence electrons. The number of rotatable bonds is 5. The maximum atomic E-state index is 6.37. The molecule has 0 spiro atoms. The molecule has 6 heteroatoms. The molecule has 5 nitrogen and oxygen atoms in total. The Balaban J connectivity index is 0.00000357. The topological polar surface area (TPSA) is 35.9 Å². The van der Waals surface area contributed by atoms with Gasteiger partial charge in [-0.05, 0) is 83.8 Å². The molecule has 0 atom stereocenters. The number of hydrogen-bond acceptors (Lipinski definition) is 2. The van der Waals surface area contributed by atoms with Gasteiger partial charge in [-0.25, -0.2) is 4.98 Å². The fraction of sp³-hybridized carbons (Fsp3) is 0.179. The van der Waals surface area contributed by atoms with E-state index in [1.54, 1.807) is 0 Å². The number of hydrogen-bond donors (Lipinski definition) is 0. The Morgan fingerprint density at radius 2 is 1.60 bits per heavy atom. The Bertz CT molecular complexity index is 2180. The number of aromatic nitrogens is 4. The maximum Gasteiger partial charge on any atom is 0.267 e. The molecule has 0 N–H and O–H groups in total. The van der Waals surface area contributed by atoms with Gasteiger partial charge in [0.25, 0.3) is 6.33 Å². The molecule has 7 aromatic rings. The van der Waals surface area contributed by atoms with E-state index in [0.29, 0.717) is 11.5 Å². The molecule has 0 saturated carbocycles. The third-order valence-electron chi connectivity index (χ3n) is 8.50. The number of benzene rings is 4. The van der Waals surface area contributed by atoms with Crippen molar-refractivity contribution in [1.82, 2.24) is 14.1 Å². The molecular formula is C39H34N4OPt-2. The van der Waals surface area contributed by atoms with E-state index >= 15 is 0 Å². The number of fused-ring (bicyclic) bond motifs is 3. The average molecular weight is 770 g/mol. The summed E-state index contributed by atoms with van der Waals surface area (Å²) in [5.74, 6) is 2.07. The van der Waals surface area contributed by atoms with Crippen LogP contribution in [0.2, 0.25) is 0 Å². The zero-order chi connectivity index (χ0) is 30.6. The Hall–Kier alpha value is -4.47. The van der Waals surface area contributed by atoms with E-state index in [1.807, 2.05) is 52.0 Å². The van der Waals surface area contributed by atoms with Crippen LogP contribution in [0.3, 0.4) is 0 Å². The molecule has 0 amide bonds. The summed E-state index contributed by atoms with van der Waals surface area (Å²) in [7, 11) is 0. The van der Waals surface area contributed by atoms with Crippen LogP contribution in [0.4, 0.5) is 0 Å². The van der Waals surface area contributed by atoms with Crippen molar-refractivity contribution < 1.29 is 30.4 Å². The first-order valence-corrected chi connectivity index (χ1v) is 14.9. The quantitative estimate of drug-likeness (QED) is 0.130. The summed E-state index contributed by atoms with van der Waals surface area (Å²) in [6.45, 7) is 13.1. The van der Waals surface area contributed by atoms with E-state index in [4.69, 9.17) is 9.72 Å². The third-order valence-corrected chi connectivity index (χ3v) is 8.50. The molecule has 0 unspecified atom stereocenters. The summed E-state index contributed by atoms with van der Waals surface area (Å²) in [6, 6.07) is 33.9. The van der Waals surface area contributed by atoms with Crippen molar-refractivity contribution in [3.63, 3.8) is 0 Å². The van der Waals surface area contributed by atoms with Crippen molar-refractivity contribution in [2.45, 2.75) is 47.0 Å². The fourth-order valence-corrected chi connectivity index (χ4v) is 5.72. The van der Waals surface area contributed by atoms with Gasteiger partial charge in [0, 0.05) is 56.7 Å². The number of nitrogens with zero attached hydrogens (tertiary/aromatic N) is 4. The summed E-state index contributed by atoms with van der Waals surface area (Å²) >= 11 is 0. The number of ether oxygens (including phenoxy) is 1. The summed E-state index contributed by atoms with van der Waals surface area (Å²) in [5, 5.41) is 2.25. The van der Waals surface area contributed by atoms with Crippen molar-refractivity contribution in [3.8, 4) is 28.7 Å². The van der Waals surface area contributed by atoms with Crippen LogP contribution in [0.5, 0.6) is 11.5 Å². The van der Waals surface area contributed by atoms with E-state index < -0.39 is 0 Å². The number of aryl methyl sites for hydroxylation is 1. The van der Waals surface area contributed by atoms with E-state index in [0.717, 1.165) is 39.0 Å². The third kappa shape index (κ3) is 5.62. The second-order valence-corrected chi connectivity index (χ2v) is 12.4. The van der Waals surface area contributed by atoms with Crippen LogP contribution < -0.4 is 9.30 Å². The van der Waals surface area contributed by atoms with Gasteiger partial charge in [0.15, 0.2) is 0 Å². The molecule has 3 heterocycles. The Kier molecular flexibility index (Phi) is 8.01. The summed E-state index contributed by atoms with van der Waals surface area (Å²) in [6.07, 6.45) is 9.32. The van der Waals surface area contributed by atoms with Crippen molar-refractivity contribution in [1.29, 1.82) is 0 Å². The minimum Gasteiger partial charge on any atom is -0.510 e. The zero-order valence-electron chi connectivity index (χ0n) is 26.3. The van der Waals surface area contributed by atoms with E-state index in [2.05, 4.69) is 119 Å². The Morgan fingerprint density at radius 1 is 0.800 bits per heavy atom. The van der Waals surface area contributed by atoms with Crippen LogP contribution >= 0.6 is 0 Å². The predicted molar refractivity (Wildman–Crippen MR) is 175 cm³/mol. The average Bonchev–Trinajstić information content (AvgIpc) is 3.63. The van der Waals surface area contributed by atoms with Gasteiger partial charge >= 0.3 is 0 Å². The van der Waals surface area contributed by atoms with Gasteiger partial charge in [-0.3, -0.25) is 4.57 Å². The van der Waals surface area contributed by atoms with Gasteiger partial charge in [0.2, 0.25) is 0 Å². The molecule has 3 aromatic heterocycles. The first kappa shape index (κ1) is 30.6. The molecule has 4 aromatic carbocycles. The number of para-hydroxylation sites is 1. The fourth-order valence-electron chi connectivity index (χ4n) is 5.72. The molecule has 7 rings (SSSR count). The molecule has 0 saturated heterocycles. The predicted octanol–water partition coefficient (Wildman–Crippen LogP) is 8.66. The summed E-state index contributed by atoms with van der Waals surface area (Å²) in [4.78, 5) is 4.78. The molecule has 0 aliphatic rings. The molecule has 45 heavy (non-hydrogen) atoms. The van der Waals surface area contributed by atoms with Crippen molar-refractivity contribution in [2.75, 3.05) is 0 Å². The van der Waals surface area contributed by atoms with E-state index in [1.165, 1.54) is 22.3 Å². The minimum atomic E-state index is 0. The van der Waals surface area contributed by atoms with Crippen LogP contribution in [0.1, 0.15) is 43.0 Å². The smallest absolute Gasteiger partial charge is 0.267 e. The second-order valence-electron chi connectivity index (χ2n) is 12.4. The molecule has 0 fully saturated rings. The van der Waals surface area contributed by atoms with Gasteiger partial charge in [-0.15, -0.1) is 29.7 Å². The van der Waals surface area contributed by atoms with Crippen LogP contribution in [-0.2, 0) is 26.5 Å². The van der Waals surface area contributed by atoms with Crippen LogP contribution in [0, 0.1) is 39.2 Å². The van der Waals surface area contributed by atoms with Gasteiger partial charge in [0.05, 0.1) is 5.69 Å². The first-order valence-electron chi connectivity index (χ1n) is 14.9. The monoisotopic (exact) mass is 769 g/mol. The summed E-state index contributed by atoms with van der Waals surface area (Å²) < 4.78 is 12.5. The molecule has 0 aliphatic heterocycles. The van der Waals surface area contributed by atoms with Crippen molar-refractivity contribution >= 4 is 21.8 Å². The van der Waals surface area contributed by atoms with Crippen LogP contribution in [-0.4, -0.2) is 14.1 Å². The first-order chi connectivity index (χ1) is 21.2. The Morgan fingerprint density at radius 3 is 2.42 bits per heavy atom. The largest absolute Gasteiger partial charge is 0.510 e. The molecule has 0 bridgehead atoms. The van der Waals surface area contributed by atoms with Gasteiger partial charge in [-0.1, -0.05) is 50.6 Å². The standard InChI is InChI=1S/C39H34N4O.Pt/c1-26-14-17-35(28(3)27(26)2)42-21-20-41(25-42)30-10-9-11-31(23-30)44-32-15-16-34-33-12-7-8-13-36(33)43(37(34)24-32)38-22-29(18-19-40-38)39(4,5)6;/h7-22H,1-6H3;/q-2;. The van der Waals surface area contributed by atoms with E-state index in [9.17, 15) is 0 Å². The van der Waals surface area contributed by atoms with E-state index in [-0.39, 0.29) is 26.5 Å². The summed E-state index contributed by atoms with van der Waals surface area (Å²) in [5.41, 5.74) is 9.00. The minimum absolute atomic E-state index is 0. The second kappa shape index (κ2) is 11.8. The van der Waals surface area contributed by atoms with Gasteiger partial charge in [-0.2, -0.15) is 18.2 Å². The normalized spacial score (nSPS) is 11.6.